The maximum atomic E-state index is 11.8. The zero-order valence-corrected chi connectivity index (χ0v) is 16.0. The fraction of sp³-hybridized carbons (Fsp3) is 0.800. The minimum atomic E-state index is -0.735. The average molecular weight is 341 g/mol. The highest BCUT2D eigenvalue weighted by Crippen LogP contribution is 2.16. The number of allylic oxidation sites excluding steroid dienone is 1. The molecule has 0 saturated heterocycles. The summed E-state index contributed by atoms with van der Waals surface area (Å²) in [6.45, 7) is 8.64. The van der Waals surface area contributed by atoms with Crippen molar-refractivity contribution in [1.29, 1.82) is 0 Å². The first-order valence-electron chi connectivity index (χ1n) is 9.40. The number of ether oxygens (including phenoxy) is 1. The third-order valence-corrected chi connectivity index (χ3v) is 4.22. The molecule has 0 spiro atoms. The van der Waals surface area contributed by atoms with Gasteiger partial charge in [-0.1, -0.05) is 58.4 Å². The van der Waals surface area contributed by atoms with Crippen molar-refractivity contribution < 1.29 is 19.4 Å². The van der Waals surface area contributed by atoms with Gasteiger partial charge in [0.25, 0.3) is 0 Å². The van der Waals surface area contributed by atoms with E-state index in [0.717, 1.165) is 37.7 Å². The maximum absolute atomic E-state index is 11.8. The molecule has 0 saturated carbocycles. The number of carboxylic acids is 1. The molecule has 0 amide bonds. The van der Waals surface area contributed by atoms with Crippen LogP contribution < -0.4 is 0 Å². The van der Waals surface area contributed by atoms with Crippen molar-refractivity contribution in [2.24, 2.45) is 11.8 Å². The summed E-state index contributed by atoms with van der Waals surface area (Å²) in [5.74, 6) is -0.463. The van der Waals surface area contributed by atoms with Crippen LogP contribution in [0.5, 0.6) is 0 Å². The van der Waals surface area contributed by atoms with E-state index in [-0.39, 0.29) is 18.3 Å². The topological polar surface area (TPSA) is 63.6 Å². The van der Waals surface area contributed by atoms with Crippen LogP contribution in [0.2, 0.25) is 0 Å². The van der Waals surface area contributed by atoms with Gasteiger partial charge in [-0.25, -0.2) is 4.79 Å². The zero-order valence-electron chi connectivity index (χ0n) is 16.0. The molecule has 0 aromatic rings. The van der Waals surface area contributed by atoms with Crippen LogP contribution in [-0.2, 0) is 14.3 Å². The highest BCUT2D eigenvalue weighted by Gasteiger charge is 2.10. The fourth-order valence-electron chi connectivity index (χ4n) is 2.67. The van der Waals surface area contributed by atoms with Crippen molar-refractivity contribution in [3.05, 3.63) is 11.6 Å². The van der Waals surface area contributed by atoms with Crippen molar-refractivity contribution >= 4 is 11.9 Å². The third-order valence-electron chi connectivity index (χ3n) is 4.22. The lowest BCUT2D eigenvalue weighted by Crippen LogP contribution is -2.11. The summed E-state index contributed by atoms with van der Waals surface area (Å²) in [4.78, 5) is 22.4. The van der Waals surface area contributed by atoms with E-state index in [0.29, 0.717) is 12.5 Å². The molecule has 0 unspecified atom stereocenters. The Hall–Kier alpha value is -1.32. The van der Waals surface area contributed by atoms with Crippen molar-refractivity contribution in [3.63, 3.8) is 0 Å². The van der Waals surface area contributed by atoms with Crippen LogP contribution in [0.25, 0.3) is 0 Å². The summed E-state index contributed by atoms with van der Waals surface area (Å²) >= 11 is 0. The largest absolute Gasteiger partial charge is 0.481 e. The number of hydrogen-bond donors (Lipinski definition) is 1. The minimum absolute atomic E-state index is 0.204. The fourth-order valence-corrected chi connectivity index (χ4v) is 2.67. The Labute approximate surface area is 147 Å². The number of esters is 1. The van der Waals surface area contributed by atoms with Crippen LogP contribution in [0.15, 0.2) is 11.6 Å². The second-order valence-electron chi connectivity index (χ2n) is 7.17. The molecule has 0 aliphatic heterocycles. The van der Waals surface area contributed by atoms with Crippen molar-refractivity contribution in [2.45, 2.75) is 85.5 Å². The van der Waals surface area contributed by atoms with Gasteiger partial charge >= 0.3 is 11.9 Å². The summed E-state index contributed by atoms with van der Waals surface area (Å²) in [7, 11) is 0. The van der Waals surface area contributed by atoms with Crippen LogP contribution in [0, 0.1) is 11.8 Å². The number of carbonyl (C=O) groups is 2. The van der Waals surface area contributed by atoms with E-state index in [1.54, 1.807) is 6.08 Å². The number of hydrogen-bond acceptors (Lipinski definition) is 3. The van der Waals surface area contributed by atoms with Gasteiger partial charge in [0.2, 0.25) is 0 Å². The molecule has 0 bridgehead atoms. The Kier molecular flexibility index (Phi) is 13.3. The maximum Gasteiger partial charge on any atom is 0.330 e. The Morgan fingerprint density at radius 3 is 2.33 bits per heavy atom. The first-order chi connectivity index (χ1) is 11.3. The van der Waals surface area contributed by atoms with Gasteiger partial charge in [0, 0.05) is 12.5 Å². The summed E-state index contributed by atoms with van der Waals surface area (Å²) < 4.78 is 5.31. The van der Waals surface area contributed by atoms with E-state index >= 15 is 0 Å². The molecule has 0 aromatic carbocycles. The minimum Gasteiger partial charge on any atom is -0.481 e. The van der Waals surface area contributed by atoms with Crippen LogP contribution in [-0.4, -0.2) is 23.7 Å². The van der Waals surface area contributed by atoms with Gasteiger partial charge in [-0.3, -0.25) is 4.79 Å². The van der Waals surface area contributed by atoms with Gasteiger partial charge in [0.05, 0.1) is 6.61 Å². The summed E-state index contributed by atoms with van der Waals surface area (Å²) in [5, 5.41) is 8.73. The number of carbonyl (C=O) groups excluding carboxylic acids is 1. The molecule has 0 aromatic heterocycles. The molecule has 24 heavy (non-hydrogen) atoms. The molecule has 0 heterocycles. The second kappa shape index (κ2) is 14.1. The smallest absolute Gasteiger partial charge is 0.330 e. The van der Waals surface area contributed by atoms with E-state index in [4.69, 9.17) is 9.84 Å². The van der Waals surface area contributed by atoms with E-state index in [2.05, 4.69) is 13.8 Å². The van der Waals surface area contributed by atoms with E-state index in [1.165, 1.54) is 19.3 Å². The molecule has 4 heteroatoms. The van der Waals surface area contributed by atoms with Crippen LogP contribution in [0.1, 0.15) is 85.5 Å². The Bertz CT molecular complexity index is 387. The predicted molar refractivity (Wildman–Crippen MR) is 97.9 cm³/mol. The monoisotopic (exact) mass is 340 g/mol. The molecule has 1 N–H and O–H groups in total. The van der Waals surface area contributed by atoms with Gasteiger partial charge < -0.3 is 9.84 Å². The number of rotatable bonds is 14. The van der Waals surface area contributed by atoms with Gasteiger partial charge in [-0.05, 0) is 38.0 Å². The quantitative estimate of drug-likeness (QED) is 0.262. The van der Waals surface area contributed by atoms with E-state index in [1.807, 2.05) is 13.8 Å². The Morgan fingerprint density at radius 2 is 1.71 bits per heavy atom. The highest BCUT2D eigenvalue weighted by molar-refractivity contribution is 5.82. The molecular weight excluding hydrogens is 304 g/mol. The average Bonchev–Trinajstić information content (AvgIpc) is 2.49. The van der Waals surface area contributed by atoms with Crippen molar-refractivity contribution in [3.8, 4) is 0 Å². The van der Waals surface area contributed by atoms with Gasteiger partial charge in [0.15, 0.2) is 0 Å². The summed E-state index contributed by atoms with van der Waals surface area (Å²) in [6.07, 6.45) is 10.5. The van der Waals surface area contributed by atoms with Crippen LogP contribution in [0.3, 0.4) is 0 Å². The summed E-state index contributed by atoms with van der Waals surface area (Å²) in [6, 6.07) is 0. The van der Waals surface area contributed by atoms with E-state index < -0.39 is 5.97 Å². The van der Waals surface area contributed by atoms with Gasteiger partial charge in [0.1, 0.15) is 0 Å². The predicted octanol–water partition coefficient (Wildman–Crippen LogP) is 5.36. The molecule has 140 valence electrons. The normalized spacial score (nSPS) is 14.2. The molecule has 0 radical (unpaired) electrons. The lowest BCUT2D eigenvalue weighted by atomic mass is 9.97. The van der Waals surface area contributed by atoms with Crippen LogP contribution in [0.4, 0.5) is 0 Å². The van der Waals surface area contributed by atoms with Crippen molar-refractivity contribution in [1.82, 2.24) is 0 Å². The summed E-state index contributed by atoms with van der Waals surface area (Å²) in [5.41, 5.74) is 1.09. The Morgan fingerprint density at radius 1 is 1.04 bits per heavy atom. The molecular formula is C20H36O4. The van der Waals surface area contributed by atoms with Gasteiger partial charge in [-0.2, -0.15) is 0 Å². The molecule has 2 atom stereocenters. The number of unbranched alkanes of at least 4 members (excludes halogenated alkanes) is 3. The zero-order chi connectivity index (χ0) is 18.4. The van der Waals surface area contributed by atoms with E-state index in [9.17, 15) is 9.59 Å². The number of carboxylic acid groups (broad SMARTS) is 1. The number of aliphatic carboxylic acids is 1. The molecule has 0 aliphatic carbocycles. The lowest BCUT2D eigenvalue weighted by molar-refractivity contribution is -0.139. The molecule has 0 rings (SSSR count). The molecule has 0 fully saturated rings. The third kappa shape index (κ3) is 14.3. The first kappa shape index (κ1) is 22.7. The van der Waals surface area contributed by atoms with Crippen LogP contribution >= 0.6 is 0 Å². The van der Waals surface area contributed by atoms with Crippen molar-refractivity contribution in [2.75, 3.05) is 6.61 Å². The highest BCUT2D eigenvalue weighted by atomic mass is 16.5. The second-order valence-corrected chi connectivity index (χ2v) is 7.17. The standard InChI is InChI=1S/C20H36O4/c1-5-6-7-8-10-17(3)14-20(23)24-15-18(4)12-9-11-16(2)13-19(21)22/h14,16,18H,5-13,15H2,1-4H3,(H,21,22)/t16-,18+/m0/s1. The van der Waals surface area contributed by atoms with Gasteiger partial charge in [-0.15, -0.1) is 0 Å². The molecule has 4 nitrogen and oxygen atoms in total. The lowest BCUT2D eigenvalue weighted by Gasteiger charge is -2.13. The Balaban J connectivity index is 3.82. The first-order valence-corrected chi connectivity index (χ1v) is 9.40. The molecule has 0 aliphatic rings. The SMILES string of the molecule is CCCCCCC(C)=CC(=O)OC[C@H](C)CCC[C@H](C)CC(=O)O.